The fourth-order valence-corrected chi connectivity index (χ4v) is 1.66. The Balaban J connectivity index is 3.06. The summed E-state index contributed by atoms with van der Waals surface area (Å²) in [6, 6.07) is 0. The van der Waals surface area contributed by atoms with E-state index in [0.29, 0.717) is 0 Å². The van der Waals surface area contributed by atoms with E-state index < -0.39 is 0 Å². The summed E-state index contributed by atoms with van der Waals surface area (Å²) in [6.07, 6.45) is 6.10. The van der Waals surface area contributed by atoms with Crippen LogP contribution < -0.4 is 5.32 Å². The molecule has 0 radical (unpaired) electrons. The molecule has 0 saturated carbocycles. The van der Waals surface area contributed by atoms with Gasteiger partial charge < -0.3 is 5.32 Å². The number of thioether (sulfide) groups is 1. The van der Waals surface area contributed by atoms with E-state index in [1.54, 1.807) is 0 Å². The van der Waals surface area contributed by atoms with Gasteiger partial charge >= 0.3 is 0 Å². The summed E-state index contributed by atoms with van der Waals surface area (Å²) in [5.41, 5.74) is 0. The van der Waals surface area contributed by atoms with Crippen LogP contribution in [0.2, 0.25) is 0 Å². The van der Waals surface area contributed by atoms with Gasteiger partial charge in [0.2, 0.25) is 0 Å². The molecule has 0 amide bonds. The Kier molecular flexibility index (Phi) is 9.64. The second-order valence-electron chi connectivity index (χ2n) is 3.23. The molecule has 0 atom stereocenters. The molecule has 12 heavy (non-hydrogen) atoms. The van der Waals surface area contributed by atoms with Gasteiger partial charge in [-0.25, -0.2) is 0 Å². The quantitative estimate of drug-likeness (QED) is 0.589. The third-order valence-electron chi connectivity index (χ3n) is 2.29. The van der Waals surface area contributed by atoms with Crippen LogP contribution in [-0.2, 0) is 0 Å². The number of rotatable bonds is 8. The number of hydrogen-bond acceptors (Lipinski definition) is 2. The monoisotopic (exact) mass is 189 g/mol. The summed E-state index contributed by atoms with van der Waals surface area (Å²) < 4.78 is 0. The molecular formula is C10H23NS. The van der Waals surface area contributed by atoms with E-state index in [1.807, 2.05) is 11.8 Å². The molecule has 2 heteroatoms. The summed E-state index contributed by atoms with van der Waals surface area (Å²) in [5.74, 6) is 2.18. The van der Waals surface area contributed by atoms with Gasteiger partial charge in [0.1, 0.15) is 0 Å². The van der Waals surface area contributed by atoms with Gasteiger partial charge in [-0.05, 0) is 37.4 Å². The first-order chi connectivity index (χ1) is 5.85. The first kappa shape index (κ1) is 12.3. The maximum Gasteiger partial charge on any atom is -0.00207 e. The molecule has 0 aromatic heterocycles. The van der Waals surface area contributed by atoms with Crippen molar-refractivity contribution < 1.29 is 0 Å². The minimum absolute atomic E-state index is 0.888. The molecular weight excluding hydrogens is 166 g/mol. The Hall–Kier alpha value is 0.310. The fourth-order valence-electron chi connectivity index (χ4n) is 1.23. The van der Waals surface area contributed by atoms with Crippen molar-refractivity contribution >= 4 is 11.8 Å². The maximum absolute atomic E-state index is 3.51. The normalized spacial score (nSPS) is 11.0. The van der Waals surface area contributed by atoms with Crippen LogP contribution >= 0.6 is 11.8 Å². The van der Waals surface area contributed by atoms with Gasteiger partial charge in [-0.1, -0.05) is 26.7 Å². The standard InChI is InChI=1S/C10H23NS/c1-4-10(5-2)9-11-7-6-8-12-3/h10-11H,4-9H2,1-3H3. The Morgan fingerprint density at radius 1 is 1.25 bits per heavy atom. The van der Waals surface area contributed by atoms with Gasteiger partial charge in [-0.2, -0.15) is 11.8 Å². The zero-order valence-corrected chi connectivity index (χ0v) is 9.54. The van der Waals surface area contributed by atoms with E-state index in [0.717, 1.165) is 5.92 Å². The van der Waals surface area contributed by atoms with Crippen molar-refractivity contribution in [1.29, 1.82) is 0 Å². The molecule has 1 N–H and O–H groups in total. The first-order valence-electron chi connectivity index (χ1n) is 5.04. The highest BCUT2D eigenvalue weighted by atomic mass is 32.2. The SMILES string of the molecule is CCC(CC)CNCCCSC. The zero-order chi connectivity index (χ0) is 9.23. The molecule has 0 bridgehead atoms. The molecule has 0 saturated heterocycles. The fraction of sp³-hybridized carbons (Fsp3) is 1.00. The third kappa shape index (κ3) is 6.99. The van der Waals surface area contributed by atoms with Gasteiger partial charge in [-0.15, -0.1) is 0 Å². The van der Waals surface area contributed by atoms with Crippen molar-refractivity contribution in [2.45, 2.75) is 33.1 Å². The average molecular weight is 189 g/mol. The largest absolute Gasteiger partial charge is 0.316 e. The molecule has 0 rings (SSSR count). The minimum atomic E-state index is 0.888. The Bertz CT molecular complexity index is 81.9. The summed E-state index contributed by atoms with van der Waals surface area (Å²) in [7, 11) is 0. The lowest BCUT2D eigenvalue weighted by Gasteiger charge is -2.12. The molecule has 74 valence electrons. The Labute approximate surface area is 81.7 Å². The Morgan fingerprint density at radius 3 is 2.42 bits per heavy atom. The van der Waals surface area contributed by atoms with Crippen LogP contribution in [0.1, 0.15) is 33.1 Å². The molecule has 0 aliphatic heterocycles. The van der Waals surface area contributed by atoms with Crippen molar-refractivity contribution in [2.24, 2.45) is 5.92 Å². The number of nitrogens with one attached hydrogen (secondary N) is 1. The zero-order valence-electron chi connectivity index (χ0n) is 8.73. The lowest BCUT2D eigenvalue weighted by molar-refractivity contribution is 0.451. The molecule has 0 aromatic rings. The molecule has 0 fully saturated rings. The van der Waals surface area contributed by atoms with Gasteiger partial charge in [0.15, 0.2) is 0 Å². The smallest absolute Gasteiger partial charge is 0.00207 e. The number of hydrogen-bond donors (Lipinski definition) is 1. The lowest BCUT2D eigenvalue weighted by atomic mass is 10.0. The van der Waals surface area contributed by atoms with Gasteiger partial charge in [0.05, 0.1) is 0 Å². The van der Waals surface area contributed by atoms with E-state index in [-0.39, 0.29) is 0 Å². The molecule has 0 heterocycles. The van der Waals surface area contributed by atoms with Gasteiger partial charge in [-0.3, -0.25) is 0 Å². The first-order valence-corrected chi connectivity index (χ1v) is 6.44. The highest BCUT2D eigenvalue weighted by molar-refractivity contribution is 7.98. The third-order valence-corrected chi connectivity index (χ3v) is 2.99. The van der Waals surface area contributed by atoms with Crippen molar-refractivity contribution in [3.63, 3.8) is 0 Å². The van der Waals surface area contributed by atoms with Gasteiger partial charge in [0, 0.05) is 0 Å². The van der Waals surface area contributed by atoms with Crippen LogP contribution in [0.15, 0.2) is 0 Å². The van der Waals surface area contributed by atoms with Crippen LogP contribution in [0, 0.1) is 5.92 Å². The highest BCUT2D eigenvalue weighted by Gasteiger charge is 2.00. The van der Waals surface area contributed by atoms with E-state index in [2.05, 4.69) is 25.4 Å². The van der Waals surface area contributed by atoms with Crippen LogP contribution in [0.25, 0.3) is 0 Å². The predicted molar refractivity (Wildman–Crippen MR) is 59.9 cm³/mol. The summed E-state index contributed by atoms with van der Waals surface area (Å²) in [6.45, 7) is 6.95. The topological polar surface area (TPSA) is 12.0 Å². The van der Waals surface area contributed by atoms with E-state index in [1.165, 1.54) is 38.1 Å². The predicted octanol–water partition coefficient (Wildman–Crippen LogP) is 2.77. The second-order valence-corrected chi connectivity index (χ2v) is 4.22. The summed E-state index contributed by atoms with van der Waals surface area (Å²) >= 11 is 1.93. The average Bonchev–Trinajstić information content (AvgIpc) is 2.11. The van der Waals surface area contributed by atoms with Crippen molar-refractivity contribution in [3.8, 4) is 0 Å². The van der Waals surface area contributed by atoms with Gasteiger partial charge in [0.25, 0.3) is 0 Å². The second kappa shape index (κ2) is 9.40. The molecule has 0 aliphatic rings. The molecule has 0 spiro atoms. The van der Waals surface area contributed by atoms with Crippen LogP contribution in [0.4, 0.5) is 0 Å². The molecule has 0 aliphatic carbocycles. The van der Waals surface area contributed by atoms with Crippen LogP contribution in [-0.4, -0.2) is 25.1 Å². The summed E-state index contributed by atoms with van der Waals surface area (Å²) in [5, 5.41) is 3.51. The van der Waals surface area contributed by atoms with E-state index in [4.69, 9.17) is 0 Å². The van der Waals surface area contributed by atoms with Crippen LogP contribution in [0.3, 0.4) is 0 Å². The van der Waals surface area contributed by atoms with Crippen molar-refractivity contribution in [1.82, 2.24) is 5.32 Å². The molecule has 0 unspecified atom stereocenters. The van der Waals surface area contributed by atoms with Crippen molar-refractivity contribution in [3.05, 3.63) is 0 Å². The maximum atomic E-state index is 3.51. The highest BCUT2D eigenvalue weighted by Crippen LogP contribution is 2.04. The molecule has 0 aromatic carbocycles. The van der Waals surface area contributed by atoms with Crippen molar-refractivity contribution in [2.75, 3.05) is 25.1 Å². The Morgan fingerprint density at radius 2 is 1.92 bits per heavy atom. The lowest BCUT2D eigenvalue weighted by Crippen LogP contribution is -2.23. The van der Waals surface area contributed by atoms with Crippen LogP contribution in [0.5, 0.6) is 0 Å². The summed E-state index contributed by atoms with van der Waals surface area (Å²) in [4.78, 5) is 0. The molecule has 1 nitrogen and oxygen atoms in total. The van der Waals surface area contributed by atoms with E-state index in [9.17, 15) is 0 Å². The van der Waals surface area contributed by atoms with E-state index >= 15 is 0 Å². The minimum Gasteiger partial charge on any atom is -0.316 e.